The van der Waals surface area contributed by atoms with Crippen LogP contribution in [0.5, 0.6) is 5.75 Å². The van der Waals surface area contributed by atoms with Gasteiger partial charge in [0.25, 0.3) is 0 Å². The largest absolute Gasteiger partial charge is 0.494 e. The Balaban J connectivity index is 2.41. The van der Waals surface area contributed by atoms with Crippen molar-refractivity contribution in [3.05, 3.63) is 29.8 Å². The molecule has 0 atom stereocenters. The summed E-state index contributed by atoms with van der Waals surface area (Å²) in [4.78, 5) is 0. The molecule has 1 aromatic rings. The summed E-state index contributed by atoms with van der Waals surface area (Å²) >= 11 is 0. The van der Waals surface area contributed by atoms with E-state index in [2.05, 4.69) is 13.0 Å². The zero-order chi connectivity index (χ0) is 8.81. The molecule has 0 bridgehead atoms. The normalized spacial score (nSPS) is 9.83. The van der Waals surface area contributed by atoms with Gasteiger partial charge >= 0.3 is 0 Å². The Kier molecular flexibility index (Phi) is 3.61. The van der Waals surface area contributed by atoms with E-state index < -0.39 is 0 Å². The van der Waals surface area contributed by atoms with E-state index in [1.165, 1.54) is 5.56 Å². The predicted octanol–water partition coefficient (Wildman–Crippen LogP) is 1.72. The number of rotatable bonds is 4. The van der Waals surface area contributed by atoms with E-state index in [9.17, 15) is 0 Å². The SMILES string of the molecule is Cc1cccc(OCCCN)c1. The molecule has 0 aliphatic carbocycles. The molecule has 0 spiro atoms. The van der Waals surface area contributed by atoms with E-state index in [0.717, 1.165) is 12.2 Å². The molecule has 0 saturated heterocycles. The molecule has 0 heterocycles. The van der Waals surface area contributed by atoms with Gasteiger partial charge in [0.2, 0.25) is 0 Å². The van der Waals surface area contributed by atoms with Crippen LogP contribution in [0.15, 0.2) is 24.3 Å². The van der Waals surface area contributed by atoms with Gasteiger partial charge in [0.05, 0.1) is 6.61 Å². The first-order valence-corrected chi connectivity index (χ1v) is 4.22. The van der Waals surface area contributed by atoms with Gasteiger partial charge in [0.1, 0.15) is 5.75 Å². The van der Waals surface area contributed by atoms with Gasteiger partial charge in [-0.05, 0) is 37.6 Å². The van der Waals surface area contributed by atoms with Crippen LogP contribution >= 0.6 is 0 Å². The van der Waals surface area contributed by atoms with Crippen LogP contribution in [0.2, 0.25) is 0 Å². The lowest BCUT2D eigenvalue weighted by Crippen LogP contribution is -2.05. The van der Waals surface area contributed by atoms with Crippen LogP contribution in [0.1, 0.15) is 12.0 Å². The first-order valence-electron chi connectivity index (χ1n) is 4.22. The van der Waals surface area contributed by atoms with Crippen LogP contribution in [0, 0.1) is 6.92 Å². The summed E-state index contributed by atoms with van der Waals surface area (Å²) in [5.74, 6) is 0.934. The Bertz CT molecular complexity index is 235. The van der Waals surface area contributed by atoms with Crippen LogP contribution in [0.25, 0.3) is 0 Å². The second-order valence-electron chi connectivity index (χ2n) is 2.81. The molecule has 0 saturated carbocycles. The lowest BCUT2D eigenvalue weighted by atomic mass is 10.2. The first kappa shape index (κ1) is 9.07. The van der Waals surface area contributed by atoms with E-state index in [-0.39, 0.29) is 0 Å². The van der Waals surface area contributed by atoms with Crippen molar-refractivity contribution in [1.29, 1.82) is 0 Å². The summed E-state index contributed by atoms with van der Waals surface area (Å²) in [6.07, 6.45) is 0.911. The van der Waals surface area contributed by atoms with E-state index >= 15 is 0 Å². The van der Waals surface area contributed by atoms with Crippen molar-refractivity contribution >= 4 is 0 Å². The minimum absolute atomic E-state index is 0.686. The molecule has 0 radical (unpaired) electrons. The van der Waals surface area contributed by atoms with E-state index in [1.54, 1.807) is 0 Å². The molecule has 12 heavy (non-hydrogen) atoms. The Morgan fingerprint density at radius 2 is 2.25 bits per heavy atom. The highest BCUT2D eigenvalue weighted by Crippen LogP contribution is 2.11. The second-order valence-corrected chi connectivity index (χ2v) is 2.81. The Hall–Kier alpha value is -1.02. The standard InChI is InChI=1S/C10H15NO/c1-9-4-2-5-10(8-9)12-7-3-6-11/h2,4-5,8H,3,6-7,11H2,1H3. The molecule has 0 amide bonds. The number of ether oxygens (including phenoxy) is 1. The Labute approximate surface area is 73.3 Å². The first-order chi connectivity index (χ1) is 5.83. The molecule has 0 fully saturated rings. The van der Waals surface area contributed by atoms with E-state index in [0.29, 0.717) is 13.2 Å². The van der Waals surface area contributed by atoms with Gasteiger partial charge in [-0.1, -0.05) is 12.1 Å². The minimum Gasteiger partial charge on any atom is -0.494 e. The quantitative estimate of drug-likeness (QED) is 0.689. The number of aryl methyl sites for hydroxylation is 1. The van der Waals surface area contributed by atoms with Crippen molar-refractivity contribution in [2.45, 2.75) is 13.3 Å². The van der Waals surface area contributed by atoms with Crippen LogP contribution in [0.3, 0.4) is 0 Å². The van der Waals surface area contributed by atoms with Gasteiger partial charge in [0.15, 0.2) is 0 Å². The third kappa shape index (κ3) is 2.93. The molecule has 0 aromatic heterocycles. The molecule has 2 nitrogen and oxygen atoms in total. The maximum atomic E-state index is 5.45. The van der Waals surface area contributed by atoms with Crippen LogP contribution in [-0.4, -0.2) is 13.2 Å². The number of nitrogens with two attached hydrogens (primary N) is 1. The molecule has 66 valence electrons. The summed E-state index contributed by atoms with van der Waals surface area (Å²) in [6, 6.07) is 8.03. The average Bonchev–Trinajstić information content (AvgIpc) is 2.05. The van der Waals surface area contributed by atoms with E-state index in [4.69, 9.17) is 10.5 Å². The lowest BCUT2D eigenvalue weighted by Gasteiger charge is -2.04. The predicted molar refractivity (Wildman–Crippen MR) is 50.3 cm³/mol. The molecular weight excluding hydrogens is 150 g/mol. The van der Waals surface area contributed by atoms with Gasteiger partial charge in [-0.2, -0.15) is 0 Å². The van der Waals surface area contributed by atoms with Crippen LogP contribution in [0.4, 0.5) is 0 Å². The van der Waals surface area contributed by atoms with Crippen molar-refractivity contribution in [3.63, 3.8) is 0 Å². The lowest BCUT2D eigenvalue weighted by molar-refractivity contribution is 0.313. The fourth-order valence-corrected chi connectivity index (χ4v) is 0.978. The monoisotopic (exact) mass is 165 g/mol. The Morgan fingerprint density at radius 3 is 2.92 bits per heavy atom. The zero-order valence-electron chi connectivity index (χ0n) is 7.42. The van der Waals surface area contributed by atoms with Gasteiger partial charge in [-0.15, -0.1) is 0 Å². The van der Waals surface area contributed by atoms with Gasteiger partial charge < -0.3 is 10.5 Å². The molecule has 0 aliphatic rings. The fourth-order valence-electron chi connectivity index (χ4n) is 0.978. The highest BCUT2D eigenvalue weighted by Gasteiger charge is 1.91. The van der Waals surface area contributed by atoms with Gasteiger partial charge in [-0.3, -0.25) is 0 Å². The summed E-state index contributed by atoms with van der Waals surface area (Å²) in [5, 5.41) is 0. The number of hydrogen-bond donors (Lipinski definition) is 1. The Morgan fingerprint density at radius 1 is 1.42 bits per heavy atom. The fraction of sp³-hybridized carbons (Fsp3) is 0.400. The molecule has 0 aliphatic heterocycles. The number of benzene rings is 1. The summed E-state index contributed by atoms with van der Waals surface area (Å²) in [7, 11) is 0. The van der Waals surface area contributed by atoms with Crippen molar-refractivity contribution in [2.24, 2.45) is 5.73 Å². The molecule has 0 unspecified atom stereocenters. The van der Waals surface area contributed by atoms with Crippen molar-refractivity contribution in [3.8, 4) is 5.75 Å². The van der Waals surface area contributed by atoms with Gasteiger partial charge in [0, 0.05) is 0 Å². The minimum atomic E-state index is 0.686. The number of hydrogen-bond acceptors (Lipinski definition) is 2. The maximum Gasteiger partial charge on any atom is 0.119 e. The average molecular weight is 165 g/mol. The summed E-state index contributed by atoms with van der Waals surface area (Å²) < 4.78 is 5.45. The molecular formula is C10H15NO. The molecule has 1 rings (SSSR count). The van der Waals surface area contributed by atoms with Gasteiger partial charge in [-0.25, -0.2) is 0 Å². The molecule has 2 N–H and O–H groups in total. The maximum absolute atomic E-state index is 5.45. The topological polar surface area (TPSA) is 35.2 Å². The highest BCUT2D eigenvalue weighted by molar-refractivity contribution is 5.27. The summed E-state index contributed by atoms with van der Waals surface area (Å²) in [6.45, 7) is 3.45. The second kappa shape index (κ2) is 4.78. The molecule has 1 aromatic carbocycles. The summed E-state index contributed by atoms with van der Waals surface area (Å²) in [5.41, 5.74) is 6.57. The zero-order valence-corrected chi connectivity index (χ0v) is 7.42. The van der Waals surface area contributed by atoms with Crippen LogP contribution < -0.4 is 10.5 Å². The third-order valence-electron chi connectivity index (χ3n) is 1.61. The molecule has 2 heteroatoms. The van der Waals surface area contributed by atoms with Crippen LogP contribution in [-0.2, 0) is 0 Å². The smallest absolute Gasteiger partial charge is 0.119 e. The third-order valence-corrected chi connectivity index (χ3v) is 1.61. The van der Waals surface area contributed by atoms with E-state index in [1.807, 2.05) is 18.2 Å². The van der Waals surface area contributed by atoms with Crippen molar-refractivity contribution < 1.29 is 4.74 Å². The van der Waals surface area contributed by atoms with Crippen molar-refractivity contribution in [1.82, 2.24) is 0 Å². The van der Waals surface area contributed by atoms with Crippen molar-refractivity contribution in [2.75, 3.05) is 13.2 Å². The highest BCUT2D eigenvalue weighted by atomic mass is 16.5.